The Bertz CT molecular complexity index is 977. The van der Waals surface area contributed by atoms with Crippen LogP contribution in [0.5, 0.6) is 0 Å². The lowest BCUT2D eigenvalue weighted by molar-refractivity contribution is 1.10. The third-order valence-electron chi connectivity index (χ3n) is 8.93. The fraction of sp³-hybridized carbons (Fsp3) is 0.750. The molecule has 0 bridgehead atoms. The number of allylic oxidation sites excluding steroid dienone is 1. The van der Waals surface area contributed by atoms with Crippen LogP contribution in [0.4, 0.5) is 0 Å². The summed E-state index contributed by atoms with van der Waals surface area (Å²) in [5, 5.41) is 2.36. The molecule has 0 atom stereocenters. The maximum atomic E-state index is 2.89. The van der Waals surface area contributed by atoms with Crippen LogP contribution in [0, 0.1) is 0 Å². The van der Waals surface area contributed by atoms with Crippen molar-refractivity contribution in [3.05, 3.63) is 40.5 Å². The lowest BCUT2D eigenvalue weighted by atomic mass is 9.61. The van der Waals surface area contributed by atoms with Gasteiger partial charge in [0.05, 0.1) is 0 Å². The summed E-state index contributed by atoms with van der Waals surface area (Å²) in [5.41, 5.74) is 8.88. The third-order valence-corrected chi connectivity index (χ3v) is 38.3. The minimum absolute atomic E-state index is 0.616. The monoisotopic (exact) mass is 662 g/mol. The van der Waals surface area contributed by atoms with Crippen molar-refractivity contribution in [1.29, 1.82) is 0 Å². The fourth-order valence-corrected chi connectivity index (χ4v) is 48.8. The zero-order chi connectivity index (χ0) is 31.4. The summed E-state index contributed by atoms with van der Waals surface area (Å²) < 4.78 is 0. The summed E-state index contributed by atoms with van der Waals surface area (Å²) in [4.78, 5) is 0. The highest BCUT2D eigenvalue weighted by Gasteiger charge is 2.47. The van der Waals surface area contributed by atoms with Gasteiger partial charge in [0.1, 0.15) is 0 Å². The van der Waals surface area contributed by atoms with E-state index in [-0.39, 0.29) is 0 Å². The van der Waals surface area contributed by atoms with Crippen molar-refractivity contribution >= 4 is 71.5 Å². The first-order chi connectivity index (χ1) is 17.6. The molecule has 8 heteroatoms. The highest BCUT2D eigenvalue weighted by atomic mass is 32.2. The Balaban J connectivity index is 3.27. The Morgan fingerprint density at radius 1 is 0.550 bits per heavy atom. The standard InChI is InChI=1S/C32H67BSSi6/c1-25-20-21-33(34-24-25)29-27(31(37(8,9)10)38(11,12)13)22-26(30(35(2,3)4)36(5,6)7)23-28(29)32(39(14,15)16)40(17,18)19/h20,22-23,30-32H,21,24H2,1-19H3. The van der Waals surface area contributed by atoms with Crippen molar-refractivity contribution in [1.82, 2.24) is 0 Å². The molecule has 0 N–H and O–H groups in total. The van der Waals surface area contributed by atoms with Crippen LogP contribution in [-0.2, 0) is 0 Å². The molecular weight excluding hydrogens is 596 g/mol. The van der Waals surface area contributed by atoms with E-state index in [2.05, 4.69) is 155 Å². The molecule has 1 aromatic rings. The molecule has 0 radical (unpaired) electrons. The molecule has 0 fully saturated rings. The fourth-order valence-electron chi connectivity index (χ4n) is 9.37. The first-order valence-corrected chi connectivity index (χ1v) is 38.5. The summed E-state index contributed by atoms with van der Waals surface area (Å²) in [5.74, 6) is 1.82. The molecule has 0 saturated carbocycles. The molecule has 1 aliphatic rings. The van der Waals surface area contributed by atoms with E-state index in [4.69, 9.17) is 0 Å². The lowest BCUT2D eigenvalue weighted by Gasteiger charge is -2.46. The average Bonchev–Trinajstić information content (AvgIpc) is 2.62. The van der Waals surface area contributed by atoms with E-state index in [1.54, 1.807) is 11.1 Å². The van der Waals surface area contributed by atoms with E-state index < -0.39 is 48.4 Å². The van der Waals surface area contributed by atoms with Gasteiger partial charge >= 0.3 is 0 Å². The Labute approximate surface area is 262 Å². The van der Waals surface area contributed by atoms with Crippen molar-refractivity contribution in [2.45, 2.75) is 147 Å². The van der Waals surface area contributed by atoms with E-state index in [0.717, 1.165) is 15.5 Å². The predicted molar refractivity (Wildman–Crippen MR) is 211 cm³/mol. The maximum Gasteiger partial charge on any atom is 0.246 e. The van der Waals surface area contributed by atoms with Crippen molar-refractivity contribution in [2.24, 2.45) is 0 Å². The maximum absolute atomic E-state index is 2.89. The van der Waals surface area contributed by atoms with Crippen LogP contribution in [0.3, 0.4) is 0 Å². The van der Waals surface area contributed by atoms with E-state index >= 15 is 0 Å². The molecule has 0 nitrogen and oxygen atoms in total. The van der Waals surface area contributed by atoms with Crippen LogP contribution in [0.1, 0.15) is 39.1 Å². The normalized spacial score (nSPS) is 16.9. The zero-order valence-corrected chi connectivity index (χ0v) is 37.2. The van der Waals surface area contributed by atoms with Crippen LogP contribution in [-0.4, -0.2) is 60.2 Å². The Hall–Kier alpha value is 0.676. The smallest absolute Gasteiger partial charge is 0.199 e. The predicted octanol–water partition coefficient (Wildman–Crippen LogP) is 11.1. The molecular formula is C32H67BSSi6. The van der Waals surface area contributed by atoms with Gasteiger partial charge in [-0.25, -0.2) is 0 Å². The van der Waals surface area contributed by atoms with Crippen LogP contribution < -0.4 is 5.46 Å². The number of benzene rings is 1. The Morgan fingerprint density at radius 2 is 0.875 bits per heavy atom. The first kappa shape index (κ1) is 36.9. The summed E-state index contributed by atoms with van der Waals surface area (Å²) in [6.07, 6.45) is 3.81. The van der Waals surface area contributed by atoms with Gasteiger partial charge in [-0.3, -0.25) is 0 Å². The second-order valence-electron chi connectivity index (χ2n) is 19.7. The molecule has 2 rings (SSSR count). The highest BCUT2D eigenvalue weighted by Crippen LogP contribution is 2.45. The first-order valence-electron chi connectivity index (χ1n) is 16.0. The van der Waals surface area contributed by atoms with Crippen molar-refractivity contribution in [3.8, 4) is 0 Å². The molecule has 1 heterocycles. The van der Waals surface area contributed by atoms with Gasteiger partial charge in [0.25, 0.3) is 0 Å². The molecule has 0 aromatic heterocycles. The summed E-state index contributed by atoms with van der Waals surface area (Å²) in [6.45, 7) is 50.6. The van der Waals surface area contributed by atoms with E-state index in [9.17, 15) is 0 Å². The van der Waals surface area contributed by atoms with Gasteiger partial charge in [-0.2, -0.15) is 11.6 Å². The van der Waals surface area contributed by atoms with E-state index in [0.29, 0.717) is 5.99 Å². The Kier molecular flexibility index (Phi) is 11.3. The van der Waals surface area contributed by atoms with Gasteiger partial charge in [0.2, 0.25) is 5.99 Å². The minimum Gasteiger partial charge on any atom is -0.199 e. The van der Waals surface area contributed by atoms with Crippen molar-refractivity contribution in [3.63, 3.8) is 0 Å². The summed E-state index contributed by atoms with van der Waals surface area (Å²) in [7, 11) is -8.82. The molecule has 0 unspecified atom stereocenters. The second-order valence-corrected chi connectivity index (χ2v) is 54.5. The topological polar surface area (TPSA) is 0 Å². The van der Waals surface area contributed by atoms with Crippen LogP contribution in [0.2, 0.25) is 124 Å². The average molecular weight is 663 g/mol. The molecule has 1 aromatic carbocycles. The largest absolute Gasteiger partial charge is 0.246 e. The highest BCUT2D eigenvalue weighted by molar-refractivity contribution is 8.27. The number of hydrogen-bond acceptors (Lipinski definition) is 1. The molecule has 1 aliphatic heterocycles. The molecule has 0 spiro atoms. The summed E-state index contributed by atoms with van der Waals surface area (Å²) >= 11 is 2.27. The van der Waals surface area contributed by atoms with Crippen molar-refractivity contribution < 1.29 is 0 Å². The summed E-state index contributed by atoms with van der Waals surface area (Å²) in [6, 6.07) is 5.77. The molecule has 228 valence electrons. The molecule has 0 saturated heterocycles. The zero-order valence-electron chi connectivity index (χ0n) is 30.4. The van der Waals surface area contributed by atoms with Gasteiger partial charge < -0.3 is 0 Å². The molecule has 40 heavy (non-hydrogen) atoms. The van der Waals surface area contributed by atoms with Gasteiger partial charge in [0.15, 0.2) is 0 Å². The van der Waals surface area contributed by atoms with Gasteiger partial charge in [0, 0.05) is 54.2 Å². The van der Waals surface area contributed by atoms with E-state index in [1.807, 2.05) is 16.6 Å². The van der Waals surface area contributed by atoms with Crippen LogP contribution in [0.25, 0.3) is 0 Å². The van der Waals surface area contributed by atoms with Crippen LogP contribution in [0.15, 0.2) is 23.8 Å². The quantitative estimate of drug-likeness (QED) is 0.177. The van der Waals surface area contributed by atoms with Crippen LogP contribution >= 0.6 is 11.6 Å². The molecule has 0 aliphatic carbocycles. The molecule has 0 amide bonds. The minimum atomic E-state index is -1.49. The van der Waals surface area contributed by atoms with Gasteiger partial charge in [-0.1, -0.05) is 158 Å². The van der Waals surface area contributed by atoms with Gasteiger partial charge in [-0.15, -0.1) is 0 Å². The van der Waals surface area contributed by atoms with Crippen molar-refractivity contribution in [2.75, 3.05) is 5.75 Å². The number of hydrogen-bond donors (Lipinski definition) is 0. The second kappa shape index (κ2) is 12.2. The SMILES string of the molecule is CC1=CCB(c2c(C([Si](C)(C)C)[Si](C)(C)C)cc(C([Si](C)(C)C)[Si](C)(C)C)cc2C([Si](C)(C)C)[Si](C)(C)C)SC1. The lowest BCUT2D eigenvalue weighted by Crippen LogP contribution is -2.54. The number of rotatable bonds is 10. The Morgan fingerprint density at radius 3 is 1.12 bits per heavy atom. The third kappa shape index (κ3) is 8.87. The van der Waals surface area contributed by atoms with E-state index in [1.165, 1.54) is 12.1 Å². The van der Waals surface area contributed by atoms with Gasteiger partial charge in [-0.05, 0) is 34.3 Å².